The maximum atomic E-state index is 13.5. The number of benzene rings is 1. The molecule has 0 radical (unpaired) electrons. The van der Waals surface area contributed by atoms with Gasteiger partial charge in [-0.05, 0) is 50.6 Å². The second kappa shape index (κ2) is 8.48. The van der Waals surface area contributed by atoms with Crippen molar-refractivity contribution in [1.29, 1.82) is 0 Å². The number of carbonyl (C=O) groups excluding carboxylic acids is 1. The van der Waals surface area contributed by atoms with Crippen LogP contribution in [0.3, 0.4) is 0 Å². The zero-order valence-electron chi connectivity index (χ0n) is 18.1. The Bertz CT molecular complexity index is 1150. The number of pyridine rings is 1. The molecule has 1 aromatic heterocycles. The second-order valence-corrected chi connectivity index (χ2v) is 11.9. The third-order valence-electron chi connectivity index (χ3n) is 5.68. The molecule has 0 aliphatic carbocycles. The molecule has 2 aromatic rings. The summed E-state index contributed by atoms with van der Waals surface area (Å²) in [5.41, 5.74) is 1.05. The first kappa shape index (κ1) is 23.3. The van der Waals surface area contributed by atoms with Gasteiger partial charge in [-0.1, -0.05) is 29.3 Å². The van der Waals surface area contributed by atoms with Crippen LogP contribution in [0.5, 0.6) is 0 Å². The number of hydrogen-bond acceptors (Lipinski definition) is 5. The smallest absolute Gasteiger partial charge is 0.410 e. The average Bonchev–Trinajstić information content (AvgIpc) is 3.05. The van der Waals surface area contributed by atoms with Crippen LogP contribution in [0.4, 0.5) is 4.79 Å². The Hall–Kier alpha value is -1.87. The lowest BCUT2D eigenvalue weighted by Crippen LogP contribution is -2.38. The number of nitrogens with zero attached hydrogens (tertiary/aromatic N) is 3. The summed E-state index contributed by atoms with van der Waals surface area (Å²) in [5.74, 6) is -0.191. The van der Waals surface area contributed by atoms with E-state index in [9.17, 15) is 13.2 Å². The van der Waals surface area contributed by atoms with Gasteiger partial charge in [-0.2, -0.15) is 4.31 Å². The molecule has 3 heterocycles. The SMILES string of the molecule is CC(C)(C)OC(=O)N1C[C@H]2CN(S(=O)(=O)c3ccc(Cl)c(Cl)c3)Cc3cccnc3[C@@H]2C1. The normalized spacial score (nSPS) is 21.6. The molecule has 0 saturated carbocycles. The molecule has 1 fully saturated rings. The van der Waals surface area contributed by atoms with Gasteiger partial charge in [-0.15, -0.1) is 0 Å². The molecule has 172 valence electrons. The molecule has 1 aromatic carbocycles. The first-order valence-electron chi connectivity index (χ1n) is 10.3. The molecule has 0 spiro atoms. The molecule has 2 aliphatic heterocycles. The fraction of sp³-hybridized carbons (Fsp3) is 0.455. The molecule has 0 N–H and O–H groups in total. The molecule has 2 atom stereocenters. The molecule has 10 heteroatoms. The predicted octanol–water partition coefficient (Wildman–Crippen LogP) is 4.54. The van der Waals surface area contributed by atoms with Crippen LogP contribution in [0.15, 0.2) is 41.4 Å². The average molecular weight is 498 g/mol. The fourth-order valence-electron chi connectivity index (χ4n) is 4.25. The minimum Gasteiger partial charge on any atom is -0.444 e. The predicted molar refractivity (Wildman–Crippen MR) is 122 cm³/mol. The number of rotatable bonds is 2. The van der Waals surface area contributed by atoms with Crippen molar-refractivity contribution in [2.75, 3.05) is 19.6 Å². The van der Waals surface area contributed by atoms with Crippen molar-refractivity contribution in [3.05, 3.63) is 57.8 Å². The van der Waals surface area contributed by atoms with Crippen molar-refractivity contribution >= 4 is 39.3 Å². The third kappa shape index (κ3) is 4.59. The molecular formula is C22H25Cl2N3O4S. The number of ether oxygens (including phenoxy) is 1. The van der Waals surface area contributed by atoms with E-state index in [0.717, 1.165) is 11.3 Å². The quantitative estimate of drug-likeness (QED) is 0.608. The van der Waals surface area contributed by atoms with Crippen LogP contribution in [0.1, 0.15) is 37.9 Å². The van der Waals surface area contributed by atoms with Gasteiger partial charge in [0.2, 0.25) is 10.0 Å². The highest BCUT2D eigenvalue weighted by Gasteiger charge is 2.44. The molecule has 1 saturated heterocycles. The number of amides is 1. The number of aromatic nitrogens is 1. The van der Waals surface area contributed by atoms with Gasteiger partial charge in [0.05, 0.1) is 20.6 Å². The van der Waals surface area contributed by atoms with Crippen LogP contribution in [-0.4, -0.2) is 53.9 Å². The molecule has 0 bridgehead atoms. The fourth-order valence-corrected chi connectivity index (χ4v) is 6.11. The van der Waals surface area contributed by atoms with Gasteiger partial charge in [-0.3, -0.25) is 4.98 Å². The first-order valence-corrected chi connectivity index (χ1v) is 12.5. The van der Waals surface area contributed by atoms with E-state index >= 15 is 0 Å². The number of carbonyl (C=O) groups is 1. The molecular weight excluding hydrogens is 473 g/mol. The molecule has 32 heavy (non-hydrogen) atoms. The van der Waals surface area contributed by atoms with Crippen LogP contribution in [0, 0.1) is 5.92 Å². The van der Waals surface area contributed by atoms with Crippen molar-refractivity contribution in [2.24, 2.45) is 5.92 Å². The standard InChI is InChI=1S/C22H25Cl2N3O4S/c1-22(2,3)31-21(28)26-10-15-12-27(11-14-5-4-8-25-20(14)17(15)13-26)32(29,30)16-6-7-18(23)19(24)9-16/h4-9,15,17H,10-13H2,1-3H3/t15-,17+/m0/s1. The van der Waals surface area contributed by atoms with E-state index in [4.69, 9.17) is 27.9 Å². The molecule has 4 rings (SSSR count). The Labute approximate surface area is 198 Å². The summed E-state index contributed by atoms with van der Waals surface area (Å²) in [5, 5.41) is 0.472. The highest BCUT2D eigenvalue weighted by atomic mass is 35.5. The van der Waals surface area contributed by atoms with Crippen LogP contribution >= 0.6 is 23.2 Å². The highest BCUT2D eigenvalue weighted by molar-refractivity contribution is 7.89. The summed E-state index contributed by atoms with van der Waals surface area (Å²) in [7, 11) is -3.84. The minimum atomic E-state index is -3.84. The number of fused-ring (bicyclic) bond motifs is 3. The van der Waals surface area contributed by atoms with Crippen molar-refractivity contribution < 1.29 is 17.9 Å². The van der Waals surface area contributed by atoms with E-state index in [2.05, 4.69) is 4.98 Å². The minimum absolute atomic E-state index is 0.0762. The van der Waals surface area contributed by atoms with Crippen molar-refractivity contribution in [1.82, 2.24) is 14.2 Å². The topological polar surface area (TPSA) is 79.8 Å². The van der Waals surface area contributed by atoms with Crippen molar-refractivity contribution in [3.63, 3.8) is 0 Å². The van der Waals surface area contributed by atoms with Crippen molar-refractivity contribution in [2.45, 2.75) is 43.7 Å². The zero-order valence-corrected chi connectivity index (χ0v) is 20.4. The van der Waals surface area contributed by atoms with Gasteiger partial charge in [0.25, 0.3) is 0 Å². The number of halogens is 2. The van der Waals surface area contributed by atoms with Crippen molar-refractivity contribution in [3.8, 4) is 0 Å². The number of hydrogen-bond donors (Lipinski definition) is 0. The van der Waals surface area contributed by atoms with Crippen LogP contribution in [0.25, 0.3) is 0 Å². The summed E-state index contributed by atoms with van der Waals surface area (Å²) in [6.45, 7) is 6.74. The maximum absolute atomic E-state index is 13.5. The van der Waals surface area contributed by atoms with E-state index in [1.165, 1.54) is 22.5 Å². The van der Waals surface area contributed by atoms with Gasteiger partial charge in [0, 0.05) is 44.2 Å². The first-order chi connectivity index (χ1) is 15.0. The van der Waals surface area contributed by atoms with Gasteiger partial charge >= 0.3 is 6.09 Å². The van der Waals surface area contributed by atoms with E-state index in [-0.39, 0.29) is 34.8 Å². The highest BCUT2D eigenvalue weighted by Crippen LogP contribution is 2.39. The summed E-state index contributed by atoms with van der Waals surface area (Å²) >= 11 is 12.1. The monoisotopic (exact) mass is 497 g/mol. The summed E-state index contributed by atoms with van der Waals surface area (Å²) in [6.07, 6.45) is 1.30. The van der Waals surface area contributed by atoms with E-state index in [0.29, 0.717) is 18.1 Å². The van der Waals surface area contributed by atoms with Gasteiger partial charge in [0.1, 0.15) is 5.60 Å². The lowest BCUT2D eigenvalue weighted by atomic mass is 9.91. The lowest BCUT2D eigenvalue weighted by molar-refractivity contribution is 0.0285. The van der Waals surface area contributed by atoms with E-state index in [1.807, 2.05) is 26.8 Å². The van der Waals surface area contributed by atoms with E-state index < -0.39 is 21.7 Å². The summed E-state index contributed by atoms with van der Waals surface area (Å²) in [4.78, 5) is 19.0. The third-order valence-corrected chi connectivity index (χ3v) is 8.23. The van der Waals surface area contributed by atoms with Crippen LogP contribution < -0.4 is 0 Å². The van der Waals surface area contributed by atoms with Gasteiger partial charge in [-0.25, -0.2) is 13.2 Å². The number of likely N-dealkylation sites (tertiary alicyclic amines) is 1. The summed E-state index contributed by atoms with van der Waals surface area (Å²) in [6, 6.07) is 7.99. The summed E-state index contributed by atoms with van der Waals surface area (Å²) < 4.78 is 34.0. The molecule has 1 amide bonds. The lowest BCUT2D eigenvalue weighted by Gasteiger charge is -2.26. The Morgan fingerprint density at radius 1 is 1.12 bits per heavy atom. The maximum Gasteiger partial charge on any atom is 0.410 e. The zero-order chi connectivity index (χ0) is 23.3. The molecule has 2 aliphatic rings. The van der Waals surface area contributed by atoms with Crippen LogP contribution in [0.2, 0.25) is 10.0 Å². The van der Waals surface area contributed by atoms with Gasteiger partial charge < -0.3 is 9.64 Å². The Morgan fingerprint density at radius 2 is 1.88 bits per heavy atom. The largest absolute Gasteiger partial charge is 0.444 e. The molecule has 0 unspecified atom stereocenters. The number of sulfonamides is 1. The van der Waals surface area contributed by atoms with E-state index in [1.54, 1.807) is 17.2 Å². The van der Waals surface area contributed by atoms with Gasteiger partial charge in [0.15, 0.2) is 0 Å². The Balaban J connectivity index is 1.68. The second-order valence-electron chi connectivity index (χ2n) is 9.17. The Morgan fingerprint density at radius 3 is 2.56 bits per heavy atom. The molecule has 7 nitrogen and oxygen atoms in total. The van der Waals surface area contributed by atoms with Crippen LogP contribution in [-0.2, 0) is 21.3 Å². The Kier molecular flexibility index (Phi) is 6.17.